The van der Waals surface area contributed by atoms with Crippen LogP contribution in [0.5, 0.6) is 0 Å². The number of benzene rings is 2. The van der Waals surface area contributed by atoms with Crippen molar-refractivity contribution in [2.75, 3.05) is 26.2 Å². The molecule has 0 aromatic heterocycles. The van der Waals surface area contributed by atoms with Crippen LogP contribution in [0.1, 0.15) is 17.2 Å². The molecular formula is C17H17Cl3N2. The standard InChI is InChI=1S/C17H17Cl3N2/c18-13-4-1-3-12(11-13)17(22-9-7-21-8-10-22)14-5-2-6-15(19)16(14)20/h1-6,11,17,21H,7-10H2. The SMILES string of the molecule is Clc1cccc(C(c2cccc(Cl)c2Cl)N2CCNCC2)c1. The maximum atomic E-state index is 6.49. The third-order valence-electron chi connectivity index (χ3n) is 3.96. The molecule has 5 heteroatoms. The van der Waals surface area contributed by atoms with Crippen LogP contribution in [0.2, 0.25) is 15.1 Å². The van der Waals surface area contributed by atoms with Gasteiger partial charge in [-0.3, -0.25) is 4.90 Å². The average Bonchev–Trinajstić information content (AvgIpc) is 2.53. The molecule has 0 bridgehead atoms. The van der Waals surface area contributed by atoms with Crippen molar-refractivity contribution >= 4 is 34.8 Å². The van der Waals surface area contributed by atoms with Crippen molar-refractivity contribution in [1.29, 1.82) is 0 Å². The predicted molar refractivity (Wildman–Crippen MR) is 94.2 cm³/mol. The van der Waals surface area contributed by atoms with Gasteiger partial charge < -0.3 is 5.32 Å². The summed E-state index contributed by atoms with van der Waals surface area (Å²) in [7, 11) is 0. The summed E-state index contributed by atoms with van der Waals surface area (Å²) in [4.78, 5) is 2.42. The second-order valence-electron chi connectivity index (χ2n) is 5.39. The van der Waals surface area contributed by atoms with Crippen LogP contribution in [-0.4, -0.2) is 31.1 Å². The average molecular weight is 356 g/mol. The molecule has 1 aliphatic heterocycles. The van der Waals surface area contributed by atoms with Gasteiger partial charge in [-0.25, -0.2) is 0 Å². The first-order valence-electron chi connectivity index (χ1n) is 7.31. The van der Waals surface area contributed by atoms with Crippen LogP contribution in [-0.2, 0) is 0 Å². The van der Waals surface area contributed by atoms with E-state index in [1.54, 1.807) is 0 Å². The minimum absolute atomic E-state index is 0.0620. The van der Waals surface area contributed by atoms with E-state index in [0.717, 1.165) is 42.3 Å². The van der Waals surface area contributed by atoms with Crippen LogP contribution in [0.3, 0.4) is 0 Å². The molecule has 0 radical (unpaired) electrons. The van der Waals surface area contributed by atoms with E-state index in [2.05, 4.69) is 16.3 Å². The van der Waals surface area contributed by atoms with Crippen LogP contribution >= 0.6 is 34.8 Å². The van der Waals surface area contributed by atoms with Crippen molar-refractivity contribution < 1.29 is 0 Å². The van der Waals surface area contributed by atoms with Gasteiger partial charge in [0.15, 0.2) is 0 Å². The highest BCUT2D eigenvalue weighted by atomic mass is 35.5. The second-order valence-corrected chi connectivity index (χ2v) is 6.61. The third kappa shape index (κ3) is 3.42. The lowest BCUT2D eigenvalue weighted by atomic mass is 9.96. The minimum Gasteiger partial charge on any atom is -0.314 e. The molecule has 2 nitrogen and oxygen atoms in total. The van der Waals surface area contributed by atoms with Gasteiger partial charge in [-0.2, -0.15) is 0 Å². The van der Waals surface area contributed by atoms with Crippen molar-refractivity contribution in [2.45, 2.75) is 6.04 Å². The molecule has 3 rings (SSSR count). The quantitative estimate of drug-likeness (QED) is 0.862. The van der Waals surface area contributed by atoms with Crippen LogP contribution < -0.4 is 5.32 Å². The molecule has 1 fully saturated rings. The number of piperazine rings is 1. The zero-order valence-corrected chi connectivity index (χ0v) is 14.3. The summed E-state index contributed by atoms with van der Waals surface area (Å²) in [5.41, 5.74) is 2.16. The first-order chi connectivity index (χ1) is 10.7. The minimum atomic E-state index is 0.0620. The Hall–Kier alpha value is -0.770. The van der Waals surface area contributed by atoms with E-state index in [1.807, 2.05) is 36.4 Å². The van der Waals surface area contributed by atoms with Gasteiger partial charge in [0, 0.05) is 31.2 Å². The Morgan fingerprint density at radius 1 is 0.955 bits per heavy atom. The van der Waals surface area contributed by atoms with Gasteiger partial charge in [0.25, 0.3) is 0 Å². The number of hydrogen-bond donors (Lipinski definition) is 1. The van der Waals surface area contributed by atoms with Crippen molar-refractivity contribution in [2.24, 2.45) is 0 Å². The lowest BCUT2D eigenvalue weighted by Gasteiger charge is -2.36. The highest BCUT2D eigenvalue weighted by Crippen LogP contribution is 2.37. The fourth-order valence-electron chi connectivity index (χ4n) is 2.94. The number of nitrogens with zero attached hydrogens (tertiary/aromatic N) is 1. The second kappa shape index (κ2) is 7.20. The summed E-state index contributed by atoms with van der Waals surface area (Å²) in [5, 5.41) is 5.32. The Bertz CT molecular complexity index is 654. The lowest BCUT2D eigenvalue weighted by Crippen LogP contribution is -2.45. The van der Waals surface area contributed by atoms with E-state index in [4.69, 9.17) is 34.8 Å². The predicted octanol–water partition coefficient (Wildman–Crippen LogP) is 4.64. The van der Waals surface area contributed by atoms with Crippen LogP contribution in [0, 0.1) is 0 Å². The topological polar surface area (TPSA) is 15.3 Å². The molecule has 1 saturated heterocycles. The molecule has 0 spiro atoms. The molecule has 0 aliphatic carbocycles. The smallest absolute Gasteiger partial charge is 0.0643 e. The summed E-state index contributed by atoms with van der Waals surface area (Å²) in [6.07, 6.45) is 0. The molecule has 2 aromatic rings. The first kappa shape index (κ1) is 16.1. The summed E-state index contributed by atoms with van der Waals surface area (Å²) >= 11 is 18.9. The van der Waals surface area contributed by atoms with Gasteiger partial charge in [-0.15, -0.1) is 0 Å². The molecular weight excluding hydrogens is 339 g/mol. The Morgan fingerprint density at radius 3 is 2.41 bits per heavy atom. The number of rotatable bonds is 3. The summed E-state index contributed by atoms with van der Waals surface area (Å²) in [6, 6.07) is 13.8. The lowest BCUT2D eigenvalue weighted by molar-refractivity contribution is 0.198. The number of hydrogen-bond acceptors (Lipinski definition) is 2. The van der Waals surface area contributed by atoms with E-state index in [1.165, 1.54) is 0 Å². The van der Waals surface area contributed by atoms with Gasteiger partial charge in [0.2, 0.25) is 0 Å². The Balaban J connectivity index is 2.07. The van der Waals surface area contributed by atoms with E-state index in [9.17, 15) is 0 Å². The fourth-order valence-corrected chi connectivity index (χ4v) is 3.55. The number of halogens is 3. The highest BCUT2D eigenvalue weighted by molar-refractivity contribution is 6.42. The molecule has 1 heterocycles. The fraction of sp³-hybridized carbons (Fsp3) is 0.294. The third-order valence-corrected chi connectivity index (χ3v) is 5.03. The first-order valence-corrected chi connectivity index (χ1v) is 8.44. The van der Waals surface area contributed by atoms with Crippen LogP contribution in [0.15, 0.2) is 42.5 Å². The molecule has 1 N–H and O–H groups in total. The van der Waals surface area contributed by atoms with Crippen molar-refractivity contribution in [3.8, 4) is 0 Å². The molecule has 2 aromatic carbocycles. The molecule has 22 heavy (non-hydrogen) atoms. The Kier molecular flexibility index (Phi) is 5.27. The summed E-state index contributed by atoms with van der Waals surface area (Å²) in [5.74, 6) is 0. The van der Waals surface area contributed by atoms with Crippen molar-refractivity contribution in [3.63, 3.8) is 0 Å². The van der Waals surface area contributed by atoms with E-state index in [-0.39, 0.29) is 6.04 Å². The zero-order chi connectivity index (χ0) is 15.5. The van der Waals surface area contributed by atoms with Crippen LogP contribution in [0.25, 0.3) is 0 Å². The molecule has 1 atom stereocenters. The molecule has 0 amide bonds. The van der Waals surface area contributed by atoms with Crippen LogP contribution in [0.4, 0.5) is 0 Å². The maximum absolute atomic E-state index is 6.49. The molecule has 116 valence electrons. The largest absolute Gasteiger partial charge is 0.314 e. The summed E-state index contributed by atoms with van der Waals surface area (Å²) in [6.45, 7) is 3.85. The Morgan fingerprint density at radius 2 is 1.68 bits per heavy atom. The number of nitrogens with one attached hydrogen (secondary N) is 1. The monoisotopic (exact) mass is 354 g/mol. The summed E-state index contributed by atoms with van der Waals surface area (Å²) < 4.78 is 0. The molecule has 1 aliphatic rings. The van der Waals surface area contributed by atoms with Gasteiger partial charge in [0.1, 0.15) is 0 Å². The van der Waals surface area contributed by atoms with Crippen molar-refractivity contribution in [3.05, 3.63) is 68.7 Å². The van der Waals surface area contributed by atoms with Crippen molar-refractivity contribution in [1.82, 2.24) is 10.2 Å². The molecule has 1 unspecified atom stereocenters. The van der Waals surface area contributed by atoms with Gasteiger partial charge in [-0.1, -0.05) is 59.1 Å². The molecule has 0 saturated carbocycles. The van der Waals surface area contributed by atoms with E-state index in [0.29, 0.717) is 10.0 Å². The van der Waals surface area contributed by atoms with Gasteiger partial charge >= 0.3 is 0 Å². The van der Waals surface area contributed by atoms with E-state index >= 15 is 0 Å². The normalized spacial score (nSPS) is 17.4. The zero-order valence-electron chi connectivity index (χ0n) is 12.0. The van der Waals surface area contributed by atoms with Gasteiger partial charge in [0.05, 0.1) is 16.1 Å². The highest BCUT2D eigenvalue weighted by Gasteiger charge is 2.26. The van der Waals surface area contributed by atoms with E-state index < -0.39 is 0 Å². The van der Waals surface area contributed by atoms with Gasteiger partial charge in [-0.05, 0) is 29.3 Å². The Labute approximate surface area is 146 Å². The maximum Gasteiger partial charge on any atom is 0.0643 e.